The van der Waals surface area contributed by atoms with Crippen LogP contribution in [0.2, 0.25) is 0 Å². The first-order valence-electron chi connectivity index (χ1n) is 4.64. The highest BCUT2D eigenvalue weighted by atomic mass is 16.3. The predicted molar refractivity (Wildman–Crippen MR) is 52.1 cm³/mol. The van der Waals surface area contributed by atoms with Gasteiger partial charge < -0.3 is 16.2 Å². The third-order valence-corrected chi connectivity index (χ3v) is 1.72. The van der Waals surface area contributed by atoms with Gasteiger partial charge in [-0.05, 0) is 19.3 Å². The maximum absolute atomic E-state index is 11.3. The molecule has 2 unspecified atom stereocenters. The van der Waals surface area contributed by atoms with Crippen molar-refractivity contribution >= 4 is 5.91 Å². The first kappa shape index (κ1) is 12.4. The van der Waals surface area contributed by atoms with Crippen LogP contribution in [0.3, 0.4) is 0 Å². The fourth-order valence-corrected chi connectivity index (χ4v) is 1.01. The van der Waals surface area contributed by atoms with Crippen molar-refractivity contribution in [3.8, 4) is 0 Å². The molecule has 0 aliphatic rings. The molecule has 0 saturated carbocycles. The van der Waals surface area contributed by atoms with Crippen molar-refractivity contribution in [2.45, 2.75) is 39.3 Å². The van der Waals surface area contributed by atoms with E-state index in [2.05, 4.69) is 5.32 Å². The number of amides is 1. The minimum Gasteiger partial charge on any atom is -0.394 e. The number of hydrogen-bond acceptors (Lipinski definition) is 3. The molecule has 1 amide bonds. The molecule has 0 radical (unpaired) electrons. The van der Waals surface area contributed by atoms with Crippen LogP contribution in [0, 0.1) is 5.92 Å². The van der Waals surface area contributed by atoms with Crippen molar-refractivity contribution in [2.75, 3.05) is 6.61 Å². The van der Waals surface area contributed by atoms with Gasteiger partial charge in [0.15, 0.2) is 0 Å². The molecule has 0 heterocycles. The maximum Gasteiger partial charge on any atom is 0.237 e. The Labute approximate surface area is 79.5 Å². The van der Waals surface area contributed by atoms with E-state index in [9.17, 15) is 4.79 Å². The number of rotatable bonds is 5. The number of carbonyl (C=O) groups is 1. The van der Waals surface area contributed by atoms with Gasteiger partial charge in [0.2, 0.25) is 5.91 Å². The van der Waals surface area contributed by atoms with Crippen LogP contribution in [0.5, 0.6) is 0 Å². The van der Waals surface area contributed by atoms with E-state index in [1.54, 1.807) is 6.92 Å². The third kappa shape index (κ3) is 5.60. The van der Waals surface area contributed by atoms with Gasteiger partial charge in [0.05, 0.1) is 12.6 Å². The lowest BCUT2D eigenvalue weighted by Crippen LogP contribution is -2.46. The Bertz CT molecular complexity index is 160. The number of aliphatic hydroxyl groups excluding tert-OH is 1. The molecule has 13 heavy (non-hydrogen) atoms. The molecule has 0 fully saturated rings. The first-order chi connectivity index (χ1) is 5.97. The van der Waals surface area contributed by atoms with Gasteiger partial charge in [0, 0.05) is 6.04 Å². The third-order valence-electron chi connectivity index (χ3n) is 1.72. The van der Waals surface area contributed by atoms with Gasteiger partial charge in [-0.15, -0.1) is 0 Å². The van der Waals surface area contributed by atoms with E-state index < -0.39 is 6.04 Å². The van der Waals surface area contributed by atoms with Crippen molar-refractivity contribution in [1.82, 2.24) is 5.32 Å². The van der Waals surface area contributed by atoms with E-state index in [1.807, 2.05) is 13.8 Å². The number of nitrogens with two attached hydrogens (primary N) is 1. The summed E-state index contributed by atoms with van der Waals surface area (Å²) in [6.45, 7) is 5.71. The molecule has 78 valence electrons. The molecular weight excluding hydrogens is 168 g/mol. The summed E-state index contributed by atoms with van der Waals surface area (Å²) in [6.07, 6.45) is 0.671. The van der Waals surface area contributed by atoms with Gasteiger partial charge in [0.25, 0.3) is 0 Å². The van der Waals surface area contributed by atoms with Crippen LogP contribution in [0.4, 0.5) is 0 Å². The summed E-state index contributed by atoms with van der Waals surface area (Å²) in [7, 11) is 0. The molecule has 4 heteroatoms. The van der Waals surface area contributed by atoms with E-state index in [-0.39, 0.29) is 18.6 Å². The number of hydrogen-bond donors (Lipinski definition) is 3. The SMILES string of the molecule is CC(C)CC(N)C(=O)NC(C)CO. The molecule has 4 N–H and O–H groups in total. The van der Waals surface area contributed by atoms with Crippen molar-refractivity contribution < 1.29 is 9.90 Å². The van der Waals surface area contributed by atoms with E-state index in [1.165, 1.54) is 0 Å². The summed E-state index contributed by atoms with van der Waals surface area (Å²) in [5, 5.41) is 11.3. The number of nitrogens with one attached hydrogen (secondary N) is 1. The zero-order valence-electron chi connectivity index (χ0n) is 8.58. The lowest BCUT2D eigenvalue weighted by Gasteiger charge is -2.16. The first-order valence-corrected chi connectivity index (χ1v) is 4.64. The van der Waals surface area contributed by atoms with Crippen LogP contribution in [0.1, 0.15) is 27.2 Å². The number of aliphatic hydroxyl groups is 1. The zero-order valence-corrected chi connectivity index (χ0v) is 8.58. The van der Waals surface area contributed by atoms with Gasteiger partial charge >= 0.3 is 0 Å². The minimum absolute atomic E-state index is 0.0554. The molecule has 0 aromatic carbocycles. The molecule has 0 spiro atoms. The normalized spacial score (nSPS) is 15.5. The summed E-state index contributed by atoms with van der Waals surface area (Å²) in [6, 6.07) is -0.681. The molecular formula is C9H20N2O2. The second-order valence-corrected chi connectivity index (χ2v) is 3.83. The molecule has 4 nitrogen and oxygen atoms in total. The smallest absolute Gasteiger partial charge is 0.237 e. The van der Waals surface area contributed by atoms with Crippen LogP contribution in [-0.2, 0) is 4.79 Å². The van der Waals surface area contributed by atoms with E-state index in [4.69, 9.17) is 10.8 Å². The van der Waals surface area contributed by atoms with Crippen LogP contribution in [-0.4, -0.2) is 29.7 Å². The average molecular weight is 188 g/mol. The minimum atomic E-state index is -0.464. The predicted octanol–water partition coefficient (Wildman–Crippen LogP) is -0.143. The Hall–Kier alpha value is -0.610. The molecule has 0 aromatic heterocycles. The summed E-state index contributed by atoms with van der Waals surface area (Å²) >= 11 is 0. The Balaban J connectivity index is 3.82. The Morgan fingerprint density at radius 2 is 2.00 bits per heavy atom. The summed E-state index contributed by atoms with van der Waals surface area (Å²) in [5.41, 5.74) is 5.63. The lowest BCUT2D eigenvalue weighted by atomic mass is 10.0. The highest BCUT2D eigenvalue weighted by Crippen LogP contribution is 2.02. The summed E-state index contributed by atoms with van der Waals surface area (Å²) in [4.78, 5) is 11.3. The Morgan fingerprint density at radius 1 is 1.46 bits per heavy atom. The largest absolute Gasteiger partial charge is 0.394 e. The van der Waals surface area contributed by atoms with Crippen LogP contribution >= 0.6 is 0 Å². The average Bonchev–Trinajstić information content (AvgIpc) is 2.02. The topological polar surface area (TPSA) is 75.4 Å². The number of carbonyl (C=O) groups excluding carboxylic acids is 1. The van der Waals surface area contributed by atoms with Crippen molar-refractivity contribution in [1.29, 1.82) is 0 Å². The van der Waals surface area contributed by atoms with Gasteiger partial charge in [-0.1, -0.05) is 13.8 Å². The van der Waals surface area contributed by atoms with Gasteiger partial charge in [0.1, 0.15) is 0 Å². The van der Waals surface area contributed by atoms with Crippen LogP contribution in [0.25, 0.3) is 0 Å². The monoisotopic (exact) mass is 188 g/mol. The summed E-state index contributed by atoms with van der Waals surface area (Å²) < 4.78 is 0. The summed E-state index contributed by atoms with van der Waals surface area (Å²) in [5.74, 6) is 0.223. The highest BCUT2D eigenvalue weighted by molar-refractivity contribution is 5.81. The fraction of sp³-hybridized carbons (Fsp3) is 0.889. The lowest BCUT2D eigenvalue weighted by molar-refractivity contribution is -0.123. The molecule has 0 aromatic rings. The van der Waals surface area contributed by atoms with Gasteiger partial charge in [-0.3, -0.25) is 4.79 Å². The highest BCUT2D eigenvalue weighted by Gasteiger charge is 2.16. The molecule has 0 saturated heterocycles. The zero-order chi connectivity index (χ0) is 10.4. The molecule has 0 bridgehead atoms. The second-order valence-electron chi connectivity index (χ2n) is 3.83. The van der Waals surface area contributed by atoms with Gasteiger partial charge in [-0.2, -0.15) is 0 Å². The quantitative estimate of drug-likeness (QED) is 0.562. The van der Waals surface area contributed by atoms with Crippen molar-refractivity contribution in [2.24, 2.45) is 11.7 Å². The van der Waals surface area contributed by atoms with Crippen LogP contribution < -0.4 is 11.1 Å². The standard InChI is InChI=1S/C9H20N2O2/c1-6(2)4-8(10)9(13)11-7(3)5-12/h6-8,12H,4-5,10H2,1-3H3,(H,11,13). The molecule has 2 atom stereocenters. The molecule has 0 rings (SSSR count). The van der Waals surface area contributed by atoms with E-state index in [0.29, 0.717) is 12.3 Å². The van der Waals surface area contributed by atoms with E-state index >= 15 is 0 Å². The maximum atomic E-state index is 11.3. The molecule has 0 aliphatic heterocycles. The Morgan fingerprint density at radius 3 is 2.38 bits per heavy atom. The fourth-order valence-electron chi connectivity index (χ4n) is 1.01. The van der Waals surface area contributed by atoms with E-state index in [0.717, 1.165) is 0 Å². The van der Waals surface area contributed by atoms with Gasteiger partial charge in [-0.25, -0.2) is 0 Å². The van der Waals surface area contributed by atoms with Crippen LogP contribution in [0.15, 0.2) is 0 Å². The van der Waals surface area contributed by atoms with Crippen molar-refractivity contribution in [3.63, 3.8) is 0 Å². The molecule has 0 aliphatic carbocycles. The second kappa shape index (κ2) is 5.94. The Kier molecular flexibility index (Phi) is 5.66. The van der Waals surface area contributed by atoms with Crippen molar-refractivity contribution in [3.05, 3.63) is 0 Å².